The van der Waals surface area contributed by atoms with E-state index < -0.39 is 49.8 Å². The minimum Gasteiger partial charge on any atom is -0.716 e. The molecule has 17 heteroatoms. The second kappa shape index (κ2) is 21.3. The molecule has 0 bridgehead atoms. The molecule has 0 spiro atoms. The van der Waals surface area contributed by atoms with Gasteiger partial charge in [0.1, 0.15) is 0 Å². The van der Waals surface area contributed by atoms with E-state index in [9.17, 15) is 35.8 Å². The molecule has 0 atom stereocenters. The van der Waals surface area contributed by atoms with Crippen molar-refractivity contribution < 1.29 is 208 Å². The number of carbonyl (C=O) groups is 1. The van der Waals surface area contributed by atoms with Crippen molar-refractivity contribution in [1.29, 1.82) is 0 Å². The van der Waals surface area contributed by atoms with Crippen LogP contribution < -0.4 is 177 Å². The summed E-state index contributed by atoms with van der Waals surface area (Å²) >= 11 is 0. The summed E-state index contributed by atoms with van der Waals surface area (Å²) in [7, 11) is -8.23. The molecule has 1 aromatic rings. The number of hydrogen-bond donors (Lipinski definition) is 0. The van der Waals surface area contributed by atoms with Gasteiger partial charge in [0.25, 0.3) is 20.8 Å². The number of aliphatic carboxylic acids is 1. The van der Waals surface area contributed by atoms with Crippen molar-refractivity contribution in [3.63, 3.8) is 0 Å². The molecule has 0 unspecified atom stereocenters. The van der Waals surface area contributed by atoms with Crippen LogP contribution in [0.2, 0.25) is 0 Å². The van der Waals surface area contributed by atoms with Crippen molar-refractivity contribution >= 4 is 26.8 Å². The van der Waals surface area contributed by atoms with Gasteiger partial charge in [-0.15, -0.1) is 0 Å². The Morgan fingerprint density at radius 1 is 0.694 bits per heavy atom. The van der Waals surface area contributed by atoms with Crippen LogP contribution in [0.3, 0.4) is 0 Å². The van der Waals surface area contributed by atoms with Gasteiger partial charge in [-0.25, -0.2) is 16.8 Å². The molecule has 0 aliphatic heterocycles. The van der Waals surface area contributed by atoms with Gasteiger partial charge in [0.05, 0.1) is 14.2 Å². The quantitative estimate of drug-likeness (QED) is 0.0728. The maximum absolute atomic E-state index is 11.3. The van der Waals surface area contributed by atoms with E-state index in [1.54, 1.807) is 0 Å². The van der Waals surface area contributed by atoms with Gasteiger partial charge in [-0.05, 0) is 32.6 Å². The molecule has 0 fully saturated rings. The van der Waals surface area contributed by atoms with Crippen LogP contribution in [0.15, 0.2) is 0 Å². The molecule has 0 aliphatic carbocycles. The number of ether oxygens (including phenoxy) is 2. The largest absolute Gasteiger partial charge is 1.00 e. The Hall–Kier alpha value is 2.62. The Labute approximate surface area is 340 Å². The van der Waals surface area contributed by atoms with Crippen molar-refractivity contribution in [2.75, 3.05) is 14.2 Å². The number of carboxylic acids is 1. The summed E-state index contributed by atoms with van der Waals surface area (Å²) < 4.78 is 86.7. The van der Waals surface area contributed by atoms with Crippen LogP contribution in [0.4, 0.5) is 0 Å². The van der Waals surface area contributed by atoms with E-state index in [2.05, 4.69) is 8.37 Å². The monoisotopic (exact) mass is 628 g/mol. The molecule has 0 radical (unpaired) electrons. The fourth-order valence-electron chi connectivity index (χ4n) is 3.34. The third-order valence-corrected chi connectivity index (χ3v) is 5.51. The smallest absolute Gasteiger partial charge is 0.716 e. The number of rotatable bonds is 16. The number of carbonyl (C=O) groups excluding carboxylic acids is 1. The normalized spacial score (nSPS) is 10.8. The number of carboxylic acid groups (broad SMARTS) is 1. The molecule has 0 aromatic heterocycles. The van der Waals surface area contributed by atoms with Gasteiger partial charge in [-0.2, -0.15) is 0 Å². The summed E-state index contributed by atoms with van der Waals surface area (Å²) in [6.45, 7) is 1.36. The zero-order chi connectivity index (χ0) is 25.2. The fourth-order valence-corrected chi connectivity index (χ4v) is 4.13. The van der Waals surface area contributed by atoms with Gasteiger partial charge in [0, 0.05) is 17.1 Å². The van der Waals surface area contributed by atoms with Crippen molar-refractivity contribution in [2.24, 2.45) is 0 Å². The van der Waals surface area contributed by atoms with Gasteiger partial charge in [-0.1, -0.05) is 32.1 Å². The van der Waals surface area contributed by atoms with Crippen LogP contribution in [-0.4, -0.2) is 46.1 Å². The SMILES string of the molecule is COc1c(OS(=O)(=O)[O-])c(C)c(CCCCCCCCCC(=O)[O-])c(OS(=O)(=O)[O-])c1OC.[K+].[K+].[K+]. The molecule has 0 saturated carbocycles. The van der Waals surface area contributed by atoms with Gasteiger partial charge in [0.15, 0.2) is 11.5 Å². The maximum atomic E-state index is 11.3. The summed E-state index contributed by atoms with van der Waals surface area (Å²) in [4.78, 5) is 10.4. The van der Waals surface area contributed by atoms with E-state index in [4.69, 9.17) is 9.47 Å². The van der Waals surface area contributed by atoms with Crippen molar-refractivity contribution in [2.45, 2.75) is 64.7 Å². The van der Waals surface area contributed by atoms with Crippen molar-refractivity contribution in [3.8, 4) is 23.0 Å². The van der Waals surface area contributed by atoms with Crippen molar-refractivity contribution in [3.05, 3.63) is 11.1 Å². The molecule has 0 aliphatic rings. The molecule has 0 heterocycles. The molecule has 0 amide bonds. The minimum absolute atomic E-state index is 0. The number of methoxy groups -OCH3 is 2. The van der Waals surface area contributed by atoms with E-state index in [1.807, 2.05) is 0 Å². The molecule has 36 heavy (non-hydrogen) atoms. The first-order valence-corrected chi connectivity index (χ1v) is 12.7. The second-order valence-electron chi connectivity index (χ2n) is 7.16. The zero-order valence-corrected chi connectivity index (χ0v) is 32.6. The summed E-state index contributed by atoms with van der Waals surface area (Å²) in [6.07, 6.45) is 5.14. The third kappa shape index (κ3) is 16.8. The van der Waals surface area contributed by atoms with E-state index in [1.165, 1.54) is 6.92 Å². The molecule has 12 nitrogen and oxygen atoms in total. The molecular formula is C19H27K3O12S2. The van der Waals surface area contributed by atoms with Crippen LogP contribution in [-0.2, 0) is 32.0 Å². The number of hydrogen-bond acceptors (Lipinski definition) is 12. The molecule has 190 valence electrons. The predicted molar refractivity (Wildman–Crippen MR) is 111 cm³/mol. The zero-order valence-electron chi connectivity index (χ0n) is 21.6. The Morgan fingerprint density at radius 3 is 1.50 bits per heavy atom. The third-order valence-electron chi connectivity index (χ3n) is 4.77. The van der Waals surface area contributed by atoms with Crippen LogP contribution in [0.25, 0.3) is 0 Å². The topological polar surface area (TPSA) is 191 Å². The van der Waals surface area contributed by atoms with Crippen molar-refractivity contribution in [1.82, 2.24) is 0 Å². The Kier molecular flexibility index (Phi) is 25.5. The number of benzene rings is 1. The maximum Gasteiger partial charge on any atom is 1.00 e. The first-order chi connectivity index (χ1) is 15.3. The summed E-state index contributed by atoms with van der Waals surface area (Å²) in [6, 6.07) is 0. The Bertz CT molecular complexity index is 1030. The van der Waals surface area contributed by atoms with Gasteiger partial charge in [-0.3, -0.25) is 0 Å². The van der Waals surface area contributed by atoms with Gasteiger partial charge in [0.2, 0.25) is 11.5 Å². The van der Waals surface area contributed by atoms with Gasteiger partial charge >= 0.3 is 154 Å². The predicted octanol–water partition coefficient (Wildman–Crippen LogP) is -7.88. The van der Waals surface area contributed by atoms with Crippen LogP contribution in [0.5, 0.6) is 23.0 Å². The van der Waals surface area contributed by atoms with E-state index in [-0.39, 0.29) is 178 Å². The molecule has 0 saturated heterocycles. The van der Waals surface area contributed by atoms with Crippen LogP contribution in [0, 0.1) is 6.92 Å². The summed E-state index contributed by atoms with van der Waals surface area (Å²) in [5, 5.41) is 10.4. The summed E-state index contributed by atoms with van der Waals surface area (Å²) in [5.41, 5.74) is 0.146. The average molecular weight is 629 g/mol. The van der Waals surface area contributed by atoms with E-state index >= 15 is 0 Å². The van der Waals surface area contributed by atoms with Crippen LogP contribution in [0.1, 0.15) is 62.5 Å². The Balaban J connectivity index is -0.00000363. The Morgan fingerprint density at radius 2 is 1.08 bits per heavy atom. The van der Waals surface area contributed by atoms with E-state index in [0.29, 0.717) is 19.3 Å². The van der Waals surface area contributed by atoms with Crippen LogP contribution >= 0.6 is 0 Å². The molecular weight excluding hydrogens is 602 g/mol. The second-order valence-corrected chi connectivity index (χ2v) is 9.12. The average Bonchev–Trinajstić information content (AvgIpc) is 2.68. The first kappa shape index (κ1) is 43.1. The molecule has 1 rings (SSSR count). The van der Waals surface area contributed by atoms with Gasteiger partial charge < -0.3 is 36.8 Å². The number of unbranched alkanes of at least 4 members (excludes halogenated alkanes) is 6. The van der Waals surface area contributed by atoms with E-state index in [0.717, 1.165) is 39.9 Å². The fraction of sp³-hybridized carbons (Fsp3) is 0.632. The minimum atomic E-state index is -5.23. The first-order valence-electron chi connectivity index (χ1n) is 10.1. The summed E-state index contributed by atoms with van der Waals surface area (Å²) in [5.74, 6) is -2.88. The standard InChI is InChI=1S/C19H30O12S2.3K/c1-13-14(11-9-7-5-4-6-8-10-12-15(20)21)17(31-33(25,26)27)19(29-3)18(28-2)16(13)30-32(22,23)24;;;/h4-12H2,1-3H3,(H,20,21)(H,22,23,24)(H,25,26,27);;;/q;3*+1/p-3. The molecule has 1 aromatic carbocycles. The molecule has 0 N–H and O–H groups in total.